The van der Waals surface area contributed by atoms with Crippen molar-refractivity contribution >= 4 is 32.6 Å². The summed E-state index contributed by atoms with van der Waals surface area (Å²) < 4.78 is 11.4. The van der Waals surface area contributed by atoms with E-state index < -0.39 is 11.0 Å². The summed E-state index contributed by atoms with van der Waals surface area (Å²) in [6.45, 7) is 5.17. The van der Waals surface area contributed by atoms with Crippen LogP contribution in [0, 0.1) is 15.5 Å². The van der Waals surface area contributed by atoms with Crippen molar-refractivity contribution in [3.63, 3.8) is 0 Å². The monoisotopic (exact) mass is 350 g/mol. The van der Waals surface area contributed by atoms with Gasteiger partial charge in [0.15, 0.2) is 0 Å². The number of nitro groups is 1. The molecule has 1 saturated heterocycles. The average molecular weight is 349 g/mol. The summed E-state index contributed by atoms with van der Waals surface area (Å²) >= 11 is 2.88. The van der Waals surface area contributed by atoms with Crippen LogP contribution in [0.25, 0.3) is 0 Å². The summed E-state index contributed by atoms with van der Waals surface area (Å²) in [6, 6.07) is 6.45. The molecule has 0 amide bonds. The molecular formula is C11H15N2O4PSe. The van der Waals surface area contributed by atoms with Crippen molar-refractivity contribution in [2.75, 3.05) is 18.3 Å². The third-order valence-electron chi connectivity index (χ3n) is 2.61. The third-order valence-corrected chi connectivity index (χ3v) is 5.96. The topological polar surface area (TPSA) is 73.6 Å². The minimum atomic E-state index is -2.41. The van der Waals surface area contributed by atoms with Crippen molar-refractivity contribution in [1.82, 2.24) is 0 Å². The molecule has 0 saturated carbocycles. The number of nitrogens with one attached hydrogen (secondary N) is 1. The average Bonchev–Trinajstić information content (AvgIpc) is 2.34. The molecule has 0 spiro atoms. The van der Waals surface area contributed by atoms with Crippen LogP contribution >= 0.6 is 6.11 Å². The van der Waals surface area contributed by atoms with Crippen LogP contribution in [-0.4, -0.2) is 33.2 Å². The summed E-state index contributed by atoms with van der Waals surface area (Å²) in [5, 5.41) is 14.0. The van der Waals surface area contributed by atoms with E-state index in [1.807, 2.05) is 13.8 Å². The molecule has 0 atom stereocenters. The van der Waals surface area contributed by atoms with Gasteiger partial charge in [-0.3, -0.25) is 0 Å². The number of rotatable bonds is 3. The van der Waals surface area contributed by atoms with E-state index in [9.17, 15) is 10.1 Å². The molecule has 8 heteroatoms. The Morgan fingerprint density at radius 2 is 1.95 bits per heavy atom. The Hall–Kier alpha value is -0.711. The number of hydrogen-bond donors (Lipinski definition) is 1. The fourth-order valence-electron chi connectivity index (χ4n) is 1.54. The molecule has 1 fully saturated rings. The van der Waals surface area contributed by atoms with E-state index in [1.54, 1.807) is 18.2 Å². The number of hydrogen-bond acceptors (Lipinski definition) is 5. The molecule has 0 bridgehead atoms. The first kappa shape index (κ1) is 14.7. The Morgan fingerprint density at radius 1 is 1.37 bits per heavy atom. The summed E-state index contributed by atoms with van der Waals surface area (Å²) in [7, 11) is 0. The molecule has 0 radical (unpaired) electrons. The van der Waals surface area contributed by atoms with E-state index in [0.29, 0.717) is 18.9 Å². The first-order valence-corrected chi connectivity index (χ1v) is 9.56. The molecule has 1 heterocycles. The van der Waals surface area contributed by atoms with E-state index in [1.165, 1.54) is 6.07 Å². The van der Waals surface area contributed by atoms with E-state index in [-0.39, 0.29) is 11.1 Å². The molecule has 6 nitrogen and oxygen atoms in total. The molecule has 1 aliphatic heterocycles. The molecule has 1 N–H and O–H groups in total. The van der Waals surface area contributed by atoms with E-state index in [4.69, 9.17) is 9.05 Å². The van der Waals surface area contributed by atoms with Crippen LogP contribution in [0.5, 0.6) is 0 Å². The Morgan fingerprint density at radius 3 is 2.53 bits per heavy atom. The second-order valence-corrected chi connectivity index (χ2v) is 9.86. The van der Waals surface area contributed by atoms with Gasteiger partial charge in [-0.15, -0.1) is 0 Å². The van der Waals surface area contributed by atoms with Gasteiger partial charge in [-0.25, -0.2) is 0 Å². The van der Waals surface area contributed by atoms with Gasteiger partial charge in [0.2, 0.25) is 0 Å². The van der Waals surface area contributed by atoms with Crippen molar-refractivity contribution < 1.29 is 14.0 Å². The zero-order chi connectivity index (χ0) is 14.1. The van der Waals surface area contributed by atoms with Crippen LogP contribution in [0.2, 0.25) is 0 Å². The van der Waals surface area contributed by atoms with Crippen LogP contribution in [0.3, 0.4) is 0 Å². The second-order valence-electron chi connectivity index (χ2n) is 5.09. The predicted molar refractivity (Wildman–Crippen MR) is 75.1 cm³/mol. The maximum absolute atomic E-state index is 11.0. The molecule has 1 aromatic carbocycles. The molecule has 1 aliphatic rings. The number of benzene rings is 1. The number of nitro benzene ring substituents is 1. The van der Waals surface area contributed by atoms with Gasteiger partial charge in [0.05, 0.1) is 0 Å². The fraction of sp³-hybridized carbons (Fsp3) is 0.455. The number of nitrogens with zero attached hydrogens (tertiary/aromatic N) is 1. The van der Waals surface area contributed by atoms with Gasteiger partial charge in [-0.2, -0.15) is 0 Å². The van der Waals surface area contributed by atoms with Crippen molar-refractivity contribution in [3.05, 3.63) is 34.4 Å². The van der Waals surface area contributed by atoms with Gasteiger partial charge >= 0.3 is 119 Å². The Bertz CT molecular complexity index is 535. The standard InChI is InChI=1S/C11H15N2O4PSe/c1-11(2)7-16-18(19,17-8-11)12-9-5-3-4-6-10(9)13(14)15/h3-6H,7-8H2,1-2H3,(H,12,19). The molecule has 19 heavy (non-hydrogen) atoms. The van der Waals surface area contributed by atoms with Gasteiger partial charge in [0.1, 0.15) is 0 Å². The minimum absolute atomic E-state index is 0.00848. The molecule has 2 rings (SSSR count). The molecule has 104 valence electrons. The Kier molecular flexibility index (Phi) is 4.14. The first-order chi connectivity index (χ1) is 8.81. The third kappa shape index (κ3) is 3.65. The van der Waals surface area contributed by atoms with Crippen LogP contribution in [0.4, 0.5) is 11.4 Å². The number of para-hydroxylation sites is 2. The van der Waals surface area contributed by atoms with Crippen molar-refractivity contribution in [3.8, 4) is 0 Å². The molecular weight excluding hydrogens is 334 g/mol. The van der Waals surface area contributed by atoms with Crippen LogP contribution in [-0.2, 0) is 9.05 Å². The van der Waals surface area contributed by atoms with Gasteiger partial charge in [0.25, 0.3) is 0 Å². The van der Waals surface area contributed by atoms with Crippen LogP contribution < -0.4 is 5.09 Å². The van der Waals surface area contributed by atoms with E-state index in [2.05, 4.69) is 20.2 Å². The Labute approximate surface area is 119 Å². The van der Waals surface area contributed by atoms with E-state index in [0.717, 1.165) is 0 Å². The second kappa shape index (κ2) is 5.35. The van der Waals surface area contributed by atoms with Gasteiger partial charge in [0, 0.05) is 0 Å². The van der Waals surface area contributed by atoms with Gasteiger partial charge < -0.3 is 0 Å². The van der Waals surface area contributed by atoms with Gasteiger partial charge in [-0.1, -0.05) is 0 Å². The summed E-state index contributed by atoms with van der Waals surface area (Å²) in [5.41, 5.74) is 0.367. The Balaban J connectivity index is 2.18. The fourth-order valence-corrected chi connectivity index (χ4v) is 4.55. The molecule has 0 aliphatic carbocycles. The zero-order valence-corrected chi connectivity index (χ0v) is 13.3. The predicted octanol–water partition coefficient (Wildman–Crippen LogP) is 2.93. The van der Waals surface area contributed by atoms with E-state index >= 15 is 0 Å². The molecule has 0 unspecified atom stereocenters. The first-order valence-electron chi connectivity index (χ1n) is 5.72. The maximum atomic E-state index is 11.0. The molecule has 0 aromatic heterocycles. The van der Waals surface area contributed by atoms with Crippen LogP contribution in [0.1, 0.15) is 13.8 Å². The summed E-state index contributed by atoms with van der Waals surface area (Å²) in [6.07, 6.45) is -2.41. The van der Waals surface area contributed by atoms with Gasteiger partial charge in [-0.05, 0) is 0 Å². The van der Waals surface area contributed by atoms with Crippen molar-refractivity contribution in [2.24, 2.45) is 5.41 Å². The summed E-state index contributed by atoms with van der Waals surface area (Å²) in [5.74, 6) is 0. The molecule has 1 aromatic rings. The normalized spacial score (nSPS) is 20.7. The van der Waals surface area contributed by atoms with Crippen molar-refractivity contribution in [1.29, 1.82) is 0 Å². The van der Waals surface area contributed by atoms with Crippen LogP contribution in [0.15, 0.2) is 24.3 Å². The SMILES string of the molecule is CC1(C)COP(=[Se])(Nc2ccccc2[N+](=O)[O-])OC1. The summed E-state index contributed by atoms with van der Waals surface area (Å²) in [4.78, 5) is 10.5. The van der Waals surface area contributed by atoms with Crippen molar-refractivity contribution in [2.45, 2.75) is 13.8 Å². The number of anilines is 1. The zero-order valence-electron chi connectivity index (χ0n) is 10.7. The quantitative estimate of drug-likeness (QED) is 0.393.